The van der Waals surface area contributed by atoms with E-state index in [-0.39, 0.29) is 23.9 Å². The largest absolute Gasteiger partial charge is 0.489 e. The SMILES string of the molecule is COC(=O)C1=C(C(=O)OC)[C@@H]2C[C@H]1[C@H]1Oc3ccccc3[C@H]12. The first-order chi connectivity index (χ1) is 10.7. The second-order valence-electron chi connectivity index (χ2n) is 5.91. The van der Waals surface area contributed by atoms with Crippen molar-refractivity contribution < 1.29 is 23.8 Å². The molecule has 0 unspecified atom stereocenters. The van der Waals surface area contributed by atoms with Crippen molar-refractivity contribution in [1.29, 1.82) is 0 Å². The lowest BCUT2D eigenvalue weighted by Crippen LogP contribution is -2.33. The van der Waals surface area contributed by atoms with Crippen LogP contribution in [0.5, 0.6) is 5.75 Å². The molecule has 1 heterocycles. The lowest BCUT2D eigenvalue weighted by molar-refractivity contribution is -0.140. The fourth-order valence-electron chi connectivity index (χ4n) is 4.31. The second kappa shape index (κ2) is 4.60. The predicted molar refractivity (Wildman–Crippen MR) is 76.3 cm³/mol. The summed E-state index contributed by atoms with van der Waals surface area (Å²) >= 11 is 0. The van der Waals surface area contributed by atoms with Crippen LogP contribution in [0.15, 0.2) is 35.4 Å². The molecule has 4 rings (SSSR count). The van der Waals surface area contributed by atoms with E-state index >= 15 is 0 Å². The van der Waals surface area contributed by atoms with Gasteiger partial charge in [0.15, 0.2) is 0 Å². The molecule has 0 radical (unpaired) electrons. The number of rotatable bonds is 2. The van der Waals surface area contributed by atoms with E-state index in [2.05, 4.69) is 0 Å². The van der Waals surface area contributed by atoms with Crippen LogP contribution in [-0.2, 0) is 19.1 Å². The average molecular weight is 300 g/mol. The second-order valence-corrected chi connectivity index (χ2v) is 5.91. The van der Waals surface area contributed by atoms with Crippen molar-refractivity contribution >= 4 is 11.9 Å². The molecule has 22 heavy (non-hydrogen) atoms. The van der Waals surface area contributed by atoms with Crippen molar-refractivity contribution in [2.24, 2.45) is 11.8 Å². The maximum Gasteiger partial charge on any atom is 0.334 e. The molecule has 0 N–H and O–H groups in total. The number of para-hydroxylation sites is 1. The molecule has 0 spiro atoms. The van der Waals surface area contributed by atoms with Crippen LogP contribution in [0.25, 0.3) is 0 Å². The molecule has 5 nitrogen and oxygen atoms in total. The molecule has 1 fully saturated rings. The van der Waals surface area contributed by atoms with Gasteiger partial charge in [0.1, 0.15) is 11.9 Å². The van der Waals surface area contributed by atoms with Gasteiger partial charge in [0.25, 0.3) is 0 Å². The number of hydrogen-bond donors (Lipinski definition) is 0. The third-order valence-electron chi connectivity index (χ3n) is 5.08. The minimum absolute atomic E-state index is 0.0415. The van der Waals surface area contributed by atoms with Gasteiger partial charge in [-0.25, -0.2) is 9.59 Å². The average Bonchev–Trinajstić information content (AvgIpc) is 3.20. The third-order valence-corrected chi connectivity index (χ3v) is 5.08. The van der Waals surface area contributed by atoms with Crippen molar-refractivity contribution in [1.82, 2.24) is 0 Å². The summed E-state index contributed by atoms with van der Waals surface area (Å²) in [4.78, 5) is 24.4. The van der Waals surface area contributed by atoms with E-state index in [0.717, 1.165) is 17.7 Å². The summed E-state index contributed by atoms with van der Waals surface area (Å²) in [6.07, 6.45) is 0.642. The number of fused-ring (bicyclic) bond motifs is 7. The molecule has 1 aliphatic heterocycles. The highest BCUT2D eigenvalue weighted by atomic mass is 16.5. The first kappa shape index (κ1) is 13.4. The van der Waals surface area contributed by atoms with Crippen molar-refractivity contribution in [3.05, 3.63) is 41.0 Å². The van der Waals surface area contributed by atoms with Crippen molar-refractivity contribution in [2.75, 3.05) is 14.2 Å². The fraction of sp³-hybridized carbons (Fsp3) is 0.412. The summed E-state index contributed by atoms with van der Waals surface area (Å²) in [7, 11) is 2.67. The van der Waals surface area contributed by atoms with Gasteiger partial charge < -0.3 is 14.2 Å². The first-order valence-electron chi connectivity index (χ1n) is 7.33. The fourth-order valence-corrected chi connectivity index (χ4v) is 4.31. The lowest BCUT2D eigenvalue weighted by Gasteiger charge is -2.26. The molecule has 1 aromatic rings. The Bertz CT molecular complexity index is 705. The van der Waals surface area contributed by atoms with Crippen LogP contribution in [0, 0.1) is 11.8 Å². The summed E-state index contributed by atoms with van der Waals surface area (Å²) < 4.78 is 15.8. The van der Waals surface area contributed by atoms with E-state index in [1.54, 1.807) is 0 Å². The minimum Gasteiger partial charge on any atom is -0.489 e. The Morgan fingerprint density at radius 1 is 1.05 bits per heavy atom. The highest BCUT2D eigenvalue weighted by molar-refractivity contribution is 6.03. The van der Waals surface area contributed by atoms with Crippen LogP contribution < -0.4 is 4.74 Å². The molecular weight excluding hydrogens is 284 g/mol. The molecule has 1 aromatic carbocycles. The maximum atomic E-state index is 12.2. The number of carbonyl (C=O) groups is 2. The van der Waals surface area contributed by atoms with Gasteiger partial charge in [-0.15, -0.1) is 0 Å². The van der Waals surface area contributed by atoms with Crippen molar-refractivity contribution in [3.63, 3.8) is 0 Å². The summed E-state index contributed by atoms with van der Waals surface area (Å²) in [5.41, 5.74) is 2.03. The lowest BCUT2D eigenvalue weighted by atomic mass is 9.79. The van der Waals surface area contributed by atoms with E-state index in [4.69, 9.17) is 14.2 Å². The zero-order valence-corrected chi connectivity index (χ0v) is 12.4. The molecule has 2 aliphatic carbocycles. The number of methoxy groups -OCH3 is 2. The molecule has 114 valence electrons. The molecule has 4 atom stereocenters. The van der Waals surface area contributed by atoms with Crippen LogP contribution in [0.4, 0.5) is 0 Å². The van der Waals surface area contributed by atoms with Crippen molar-refractivity contribution in [3.8, 4) is 5.75 Å². The van der Waals surface area contributed by atoms with Gasteiger partial charge in [-0.2, -0.15) is 0 Å². The van der Waals surface area contributed by atoms with Crippen LogP contribution in [0.3, 0.4) is 0 Å². The summed E-state index contributed by atoms with van der Waals surface area (Å²) in [5, 5.41) is 0. The Hall–Kier alpha value is -2.30. The van der Waals surface area contributed by atoms with Gasteiger partial charge in [-0.1, -0.05) is 18.2 Å². The molecule has 3 aliphatic rings. The standard InChI is InChI=1S/C17H16O5/c1-20-16(18)13-9-7-10(14(13)17(19)21-2)15-12(9)8-5-3-4-6-11(8)22-15/h3-6,9-10,12,15H,7H2,1-2H3/t9-,10-,12+,15-/m1/s1. The Kier molecular flexibility index (Phi) is 2.79. The van der Waals surface area contributed by atoms with E-state index in [0.29, 0.717) is 11.1 Å². The summed E-state index contributed by atoms with van der Waals surface area (Å²) in [6.45, 7) is 0. The molecule has 2 bridgehead atoms. The third kappa shape index (κ3) is 1.54. The highest BCUT2D eigenvalue weighted by Crippen LogP contribution is 2.61. The maximum absolute atomic E-state index is 12.2. The summed E-state index contributed by atoms with van der Waals surface area (Å²) in [6, 6.07) is 7.87. The van der Waals surface area contributed by atoms with Crippen LogP contribution in [0.2, 0.25) is 0 Å². The highest BCUT2D eigenvalue weighted by Gasteiger charge is 2.60. The smallest absolute Gasteiger partial charge is 0.334 e. The number of hydrogen-bond acceptors (Lipinski definition) is 5. The Morgan fingerprint density at radius 3 is 2.36 bits per heavy atom. The van der Waals surface area contributed by atoms with Crippen LogP contribution >= 0.6 is 0 Å². The van der Waals surface area contributed by atoms with Gasteiger partial charge in [0.2, 0.25) is 0 Å². The van der Waals surface area contributed by atoms with Gasteiger partial charge >= 0.3 is 11.9 Å². The molecule has 0 aromatic heterocycles. The topological polar surface area (TPSA) is 61.8 Å². The Morgan fingerprint density at radius 2 is 1.68 bits per heavy atom. The monoisotopic (exact) mass is 300 g/mol. The van der Waals surface area contributed by atoms with Gasteiger partial charge in [-0.05, 0) is 12.5 Å². The van der Waals surface area contributed by atoms with Crippen molar-refractivity contribution in [2.45, 2.75) is 18.4 Å². The molecule has 0 saturated heterocycles. The van der Waals surface area contributed by atoms with E-state index in [9.17, 15) is 9.59 Å². The molecule has 1 saturated carbocycles. The summed E-state index contributed by atoms with van der Waals surface area (Å²) in [5.74, 6) is -0.0722. The Labute approximate surface area is 127 Å². The number of ether oxygens (including phenoxy) is 3. The zero-order chi connectivity index (χ0) is 15.4. The Balaban J connectivity index is 1.83. The van der Waals surface area contributed by atoms with Gasteiger partial charge in [-0.3, -0.25) is 0 Å². The number of carbonyl (C=O) groups excluding carboxylic acids is 2. The van der Waals surface area contributed by atoms with E-state index in [1.807, 2.05) is 24.3 Å². The van der Waals surface area contributed by atoms with Crippen LogP contribution in [0.1, 0.15) is 17.9 Å². The predicted octanol–water partition coefficient (Wildman–Crippen LogP) is 1.82. The number of esters is 2. The van der Waals surface area contributed by atoms with Crippen LogP contribution in [-0.4, -0.2) is 32.3 Å². The zero-order valence-electron chi connectivity index (χ0n) is 12.4. The van der Waals surface area contributed by atoms with Gasteiger partial charge in [0.05, 0.1) is 25.4 Å². The molecule has 0 amide bonds. The normalized spacial score (nSPS) is 30.6. The number of benzene rings is 1. The van der Waals surface area contributed by atoms with Gasteiger partial charge in [0, 0.05) is 23.3 Å². The molecular formula is C17H16O5. The molecule has 5 heteroatoms. The van der Waals surface area contributed by atoms with E-state index in [1.165, 1.54) is 14.2 Å². The first-order valence-corrected chi connectivity index (χ1v) is 7.33. The quantitative estimate of drug-likeness (QED) is 0.780. The van der Waals surface area contributed by atoms with E-state index < -0.39 is 11.9 Å². The minimum atomic E-state index is -0.453.